The lowest BCUT2D eigenvalue weighted by Gasteiger charge is -2.07. The van der Waals surface area contributed by atoms with Gasteiger partial charge in [0, 0.05) is 5.56 Å². The summed E-state index contributed by atoms with van der Waals surface area (Å²) >= 11 is 0. The van der Waals surface area contributed by atoms with E-state index in [1.54, 1.807) is 24.3 Å². The van der Waals surface area contributed by atoms with Crippen molar-refractivity contribution in [3.8, 4) is 22.5 Å². The second kappa shape index (κ2) is 5.40. The van der Waals surface area contributed by atoms with Crippen LogP contribution in [0.1, 0.15) is 16.2 Å². The third-order valence-electron chi connectivity index (χ3n) is 3.32. The van der Waals surface area contributed by atoms with Gasteiger partial charge in [0.25, 0.3) is 0 Å². The second-order valence-electron chi connectivity index (χ2n) is 4.85. The molecule has 0 amide bonds. The Morgan fingerprint density at radius 1 is 1.18 bits per heavy atom. The van der Waals surface area contributed by atoms with E-state index >= 15 is 0 Å². The molecule has 0 aliphatic rings. The van der Waals surface area contributed by atoms with Crippen LogP contribution in [-0.2, 0) is 0 Å². The molecule has 2 aromatic carbocycles. The fraction of sp³-hybridized carbons (Fsp3) is 0.0625. The highest BCUT2D eigenvalue weighted by Crippen LogP contribution is 2.27. The van der Waals surface area contributed by atoms with Crippen LogP contribution in [0, 0.1) is 12.7 Å². The summed E-state index contributed by atoms with van der Waals surface area (Å²) in [5.41, 5.74) is 3.19. The number of aromatic amines is 1. The van der Waals surface area contributed by atoms with E-state index in [1.807, 2.05) is 13.0 Å². The maximum Gasteiger partial charge on any atom is 0.373 e. The normalized spacial score (nSPS) is 10.6. The van der Waals surface area contributed by atoms with Gasteiger partial charge in [-0.15, -0.1) is 0 Å². The van der Waals surface area contributed by atoms with Gasteiger partial charge in [0.2, 0.25) is 5.82 Å². The number of H-pyrrole nitrogens is 1. The Kier molecular flexibility index (Phi) is 3.42. The molecule has 5 nitrogen and oxygen atoms in total. The van der Waals surface area contributed by atoms with Gasteiger partial charge >= 0.3 is 5.97 Å². The molecule has 0 unspecified atom stereocenters. The van der Waals surface area contributed by atoms with E-state index in [-0.39, 0.29) is 17.5 Å². The summed E-state index contributed by atoms with van der Waals surface area (Å²) in [7, 11) is 0. The monoisotopic (exact) mass is 297 g/mol. The highest BCUT2D eigenvalue weighted by Gasteiger charge is 2.12. The Labute approximate surface area is 125 Å². The van der Waals surface area contributed by atoms with E-state index in [1.165, 1.54) is 12.1 Å². The smallest absolute Gasteiger partial charge is 0.373 e. The molecule has 22 heavy (non-hydrogen) atoms. The van der Waals surface area contributed by atoms with Crippen molar-refractivity contribution in [2.24, 2.45) is 0 Å². The SMILES string of the molecule is Cc1ccc(F)cc1-c1cccc(-c2n[nH]c(C(=O)O)n2)c1. The largest absolute Gasteiger partial charge is 0.475 e. The molecule has 0 fully saturated rings. The molecule has 0 saturated carbocycles. The van der Waals surface area contributed by atoms with Gasteiger partial charge in [-0.05, 0) is 41.8 Å². The topological polar surface area (TPSA) is 78.9 Å². The predicted octanol–water partition coefficient (Wildman–Crippen LogP) is 3.28. The molecule has 0 aliphatic carbocycles. The van der Waals surface area contributed by atoms with Crippen molar-refractivity contribution in [1.82, 2.24) is 15.2 Å². The Hall–Kier alpha value is -3.02. The molecule has 0 radical (unpaired) electrons. The Morgan fingerprint density at radius 3 is 2.68 bits per heavy atom. The fourth-order valence-electron chi connectivity index (χ4n) is 2.22. The van der Waals surface area contributed by atoms with Crippen molar-refractivity contribution in [2.45, 2.75) is 6.92 Å². The summed E-state index contributed by atoms with van der Waals surface area (Å²) in [6.45, 7) is 1.90. The number of carbonyl (C=O) groups is 1. The summed E-state index contributed by atoms with van der Waals surface area (Å²) in [5, 5.41) is 15.1. The number of hydrogen-bond donors (Lipinski definition) is 2. The van der Waals surface area contributed by atoms with Crippen LogP contribution in [0.2, 0.25) is 0 Å². The number of carboxylic acids is 1. The summed E-state index contributed by atoms with van der Waals surface area (Å²) in [5.74, 6) is -1.41. The number of aromatic carboxylic acids is 1. The minimum absolute atomic E-state index is 0.220. The number of halogens is 1. The molecule has 0 saturated heterocycles. The van der Waals surface area contributed by atoms with Gasteiger partial charge < -0.3 is 5.11 Å². The quantitative estimate of drug-likeness (QED) is 0.777. The van der Waals surface area contributed by atoms with Gasteiger partial charge in [-0.3, -0.25) is 5.10 Å². The van der Waals surface area contributed by atoms with E-state index in [9.17, 15) is 9.18 Å². The minimum atomic E-state index is -1.17. The van der Waals surface area contributed by atoms with Crippen molar-refractivity contribution in [3.63, 3.8) is 0 Å². The van der Waals surface area contributed by atoms with E-state index in [0.717, 1.165) is 16.7 Å². The molecule has 3 aromatic rings. The van der Waals surface area contributed by atoms with Gasteiger partial charge in [-0.1, -0.05) is 24.3 Å². The number of nitrogens with zero attached hydrogens (tertiary/aromatic N) is 2. The molecule has 6 heteroatoms. The maximum atomic E-state index is 13.5. The van der Waals surface area contributed by atoms with Crippen molar-refractivity contribution >= 4 is 5.97 Å². The fourth-order valence-corrected chi connectivity index (χ4v) is 2.22. The van der Waals surface area contributed by atoms with Gasteiger partial charge in [-0.2, -0.15) is 5.10 Å². The molecule has 110 valence electrons. The van der Waals surface area contributed by atoms with Crippen LogP contribution in [0.25, 0.3) is 22.5 Å². The van der Waals surface area contributed by atoms with Crippen LogP contribution in [-0.4, -0.2) is 26.3 Å². The lowest BCUT2D eigenvalue weighted by molar-refractivity contribution is 0.0684. The third-order valence-corrected chi connectivity index (χ3v) is 3.32. The highest BCUT2D eigenvalue weighted by atomic mass is 19.1. The number of aromatic nitrogens is 3. The molecular formula is C16H12FN3O2. The molecule has 1 heterocycles. The van der Waals surface area contributed by atoms with Crippen LogP contribution in [0.15, 0.2) is 42.5 Å². The number of aryl methyl sites for hydroxylation is 1. The van der Waals surface area contributed by atoms with Crippen molar-refractivity contribution in [1.29, 1.82) is 0 Å². The van der Waals surface area contributed by atoms with E-state index < -0.39 is 5.97 Å². The first-order chi connectivity index (χ1) is 10.5. The Bertz CT molecular complexity index is 858. The summed E-state index contributed by atoms with van der Waals surface area (Å²) in [6, 6.07) is 11.8. The molecular weight excluding hydrogens is 285 g/mol. The second-order valence-corrected chi connectivity index (χ2v) is 4.85. The molecule has 0 bridgehead atoms. The molecule has 0 aliphatic heterocycles. The first-order valence-electron chi connectivity index (χ1n) is 6.57. The molecule has 0 atom stereocenters. The number of rotatable bonds is 3. The summed E-state index contributed by atoms with van der Waals surface area (Å²) < 4.78 is 13.5. The first kappa shape index (κ1) is 13.9. The predicted molar refractivity (Wildman–Crippen MR) is 78.9 cm³/mol. The van der Waals surface area contributed by atoms with Crippen molar-refractivity contribution in [2.75, 3.05) is 0 Å². The van der Waals surface area contributed by atoms with Gasteiger partial charge in [0.05, 0.1) is 0 Å². The molecule has 0 spiro atoms. The molecule has 1 aromatic heterocycles. The maximum absolute atomic E-state index is 13.5. The van der Waals surface area contributed by atoms with Crippen LogP contribution in [0.3, 0.4) is 0 Å². The first-order valence-corrected chi connectivity index (χ1v) is 6.57. The van der Waals surface area contributed by atoms with E-state index in [2.05, 4.69) is 15.2 Å². The van der Waals surface area contributed by atoms with Crippen LogP contribution >= 0.6 is 0 Å². The van der Waals surface area contributed by atoms with Crippen molar-refractivity contribution in [3.05, 3.63) is 59.7 Å². The number of benzene rings is 2. The number of nitrogens with one attached hydrogen (secondary N) is 1. The van der Waals surface area contributed by atoms with Crippen LogP contribution in [0.4, 0.5) is 4.39 Å². The van der Waals surface area contributed by atoms with Crippen molar-refractivity contribution < 1.29 is 14.3 Å². The lowest BCUT2D eigenvalue weighted by Crippen LogP contribution is -1.98. The average Bonchev–Trinajstić information content (AvgIpc) is 3.00. The third kappa shape index (κ3) is 2.58. The Morgan fingerprint density at radius 2 is 1.95 bits per heavy atom. The number of carboxylic acid groups (broad SMARTS) is 1. The van der Waals surface area contributed by atoms with Crippen LogP contribution in [0.5, 0.6) is 0 Å². The number of hydrogen-bond acceptors (Lipinski definition) is 3. The summed E-state index contributed by atoms with van der Waals surface area (Å²) in [6.07, 6.45) is 0. The zero-order valence-corrected chi connectivity index (χ0v) is 11.7. The van der Waals surface area contributed by atoms with E-state index in [0.29, 0.717) is 5.56 Å². The van der Waals surface area contributed by atoms with Gasteiger partial charge in [0.15, 0.2) is 5.82 Å². The molecule has 3 rings (SSSR count). The standard InChI is InChI=1S/C16H12FN3O2/c1-9-5-6-12(17)8-13(9)10-3-2-4-11(7-10)14-18-15(16(21)22)20-19-14/h2-8H,1H3,(H,21,22)(H,18,19,20). The van der Waals surface area contributed by atoms with Crippen LogP contribution < -0.4 is 0 Å². The highest BCUT2D eigenvalue weighted by molar-refractivity contribution is 5.83. The Balaban J connectivity index is 2.05. The average molecular weight is 297 g/mol. The summed E-state index contributed by atoms with van der Waals surface area (Å²) in [4.78, 5) is 14.8. The minimum Gasteiger partial charge on any atom is -0.475 e. The van der Waals surface area contributed by atoms with E-state index in [4.69, 9.17) is 5.11 Å². The zero-order chi connectivity index (χ0) is 15.7. The van der Waals surface area contributed by atoms with Gasteiger partial charge in [0.1, 0.15) is 5.82 Å². The molecule has 2 N–H and O–H groups in total. The van der Waals surface area contributed by atoms with Gasteiger partial charge in [-0.25, -0.2) is 14.2 Å². The zero-order valence-electron chi connectivity index (χ0n) is 11.7. The lowest BCUT2D eigenvalue weighted by atomic mass is 9.98.